The number of rotatable bonds is 8. The maximum absolute atomic E-state index is 11.3. The first-order valence-corrected chi connectivity index (χ1v) is 8.84. The van der Waals surface area contributed by atoms with Gasteiger partial charge in [-0.2, -0.15) is 0 Å². The molecule has 3 aromatic rings. The van der Waals surface area contributed by atoms with E-state index in [0.29, 0.717) is 35.2 Å². The second-order valence-corrected chi connectivity index (χ2v) is 6.40. The number of hydrogen-bond acceptors (Lipinski definition) is 6. The van der Waals surface area contributed by atoms with E-state index >= 15 is 0 Å². The summed E-state index contributed by atoms with van der Waals surface area (Å²) in [6.07, 6.45) is 0. The summed E-state index contributed by atoms with van der Waals surface area (Å²) in [5.41, 5.74) is 1.24. The Hall–Kier alpha value is -3.03. The first-order chi connectivity index (χ1) is 13.5. The molecule has 7 nitrogen and oxygen atoms in total. The summed E-state index contributed by atoms with van der Waals surface area (Å²) in [5, 5.41) is 14.8. The first kappa shape index (κ1) is 19.7. The molecule has 8 heteroatoms. The molecule has 0 atom stereocenters. The monoisotopic (exact) mass is 402 g/mol. The first-order valence-electron chi connectivity index (χ1n) is 8.46. The van der Waals surface area contributed by atoms with Crippen LogP contribution in [0.1, 0.15) is 11.3 Å². The Kier molecular flexibility index (Phi) is 6.18. The van der Waals surface area contributed by atoms with Crippen molar-refractivity contribution < 1.29 is 18.8 Å². The molecule has 3 rings (SSSR count). The van der Waals surface area contributed by atoms with Crippen LogP contribution in [0.4, 0.5) is 5.69 Å². The van der Waals surface area contributed by atoms with Gasteiger partial charge in [0, 0.05) is 23.2 Å². The molecule has 2 aromatic carbocycles. The Balaban J connectivity index is 1.71. The smallest absolute Gasteiger partial charge is 0.281 e. The van der Waals surface area contributed by atoms with Gasteiger partial charge in [0.05, 0.1) is 31.3 Å². The molecule has 0 bridgehead atoms. The number of nitro benzene ring substituents is 1. The molecular formula is C20H19ClN2O5. The fourth-order valence-corrected chi connectivity index (χ4v) is 2.99. The van der Waals surface area contributed by atoms with Crippen LogP contribution in [0.3, 0.4) is 0 Å². The third-order valence-electron chi connectivity index (χ3n) is 4.19. The fourth-order valence-electron chi connectivity index (χ4n) is 2.82. The Labute approximate surface area is 167 Å². The summed E-state index contributed by atoms with van der Waals surface area (Å²) >= 11 is 5.86. The topological polar surface area (TPSA) is 86.8 Å². The van der Waals surface area contributed by atoms with Gasteiger partial charge in [-0.1, -0.05) is 11.6 Å². The van der Waals surface area contributed by atoms with Gasteiger partial charge in [0.25, 0.3) is 5.69 Å². The summed E-state index contributed by atoms with van der Waals surface area (Å²) < 4.78 is 16.4. The lowest BCUT2D eigenvalue weighted by Gasteiger charge is -2.11. The van der Waals surface area contributed by atoms with Crippen molar-refractivity contribution in [2.24, 2.45) is 0 Å². The largest absolute Gasteiger partial charge is 0.497 e. The van der Waals surface area contributed by atoms with Crippen molar-refractivity contribution in [1.29, 1.82) is 0 Å². The van der Waals surface area contributed by atoms with E-state index in [1.54, 1.807) is 38.5 Å². The van der Waals surface area contributed by atoms with Gasteiger partial charge >= 0.3 is 0 Å². The highest BCUT2D eigenvalue weighted by Crippen LogP contribution is 2.33. The van der Waals surface area contributed by atoms with Crippen LogP contribution in [-0.4, -0.2) is 19.1 Å². The summed E-state index contributed by atoms with van der Waals surface area (Å²) in [5.74, 6) is 2.57. The SMILES string of the molecule is COc1ccc(OC)c(CNCc2ccc(-c3ccc(Cl)cc3[N+](=O)[O-])o2)c1. The normalized spacial score (nSPS) is 10.7. The molecule has 0 spiro atoms. The van der Waals surface area contributed by atoms with Gasteiger partial charge in [-0.25, -0.2) is 0 Å². The van der Waals surface area contributed by atoms with Crippen LogP contribution in [0.2, 0.25) is 5.02 Å². The van der Waals surface area contributed by atoms with Crippen LogP contribution in [0.15, 0.2) is 52.9 Å². The standard InChI is InChI=1S/C20H19ClN2O5/c1-26-15-4-7-19(27-2)13(9-15)11-22-12-16-5-8-20(28-16)17-6-3-14(21)10-18(17)23(24)25/h3-10,22H,11-12H2,1-2H3. The van der Waals surface area contributed by atoms with Gasteiger partial charge in [-0.3, -0.25) is 10.1 Å². The number of ether oxygens (including phenoxy) is 2. The van der Waals surface area contributed by atoms with Gasteiger partial charge in [-0.05, 0) is 42.5 Å². The number of methoxy groups -OCH3 is 2. The number of nitrogens with zero attached hydrogens (tertiary/aromatic N) is 1. The van der Waals surface area contributed by atoms with E-state index in [9.17, 15) is 10.1 Å². The van der Waals surface area contributed by atoms with Crippen molar-refractivity contribution in [1.82, 2.24) is 5.32 Å². The van der Waals surface area contributed by atoms with E-state index in [-0.39, 0.29) is 5.69 Å². The highest BCUT2D eigenvalue weighted by molar-refractivity contribution is 6.30. The van der Waals surface area contributed by atoms with E-state index in [2.05, 4.69) is 5.32 Å². The lowest BCUT2D eigenvalue weighted by molar-refractivity contribution is -0.384. The predicted octanol–water partition coefficient (Wildman–Crippen LogP) is 4.82. The quantitative estimate of drug-likeness (QED) is 0.429. The van der Waals surface area contributed by atoms with Crippen molar-refractivity contribution in [2.45, 2.75) is 13.1 Å². The highest BCUT2D eigenvalue weighted by Gasteiger charge is 2.18. The third-order valence-corrected chi connectivity index (χ3v) is 4.42. The minimum atomic E-state index is -0.475. The molecule has 0 saturated carbocycles. The lowest BCUT2D eigenvalue weighted by Crippen LogP contribution is -2.13. The molecule has 1 heterocycles. The maximum Gasteiger partial charge on any atom is 0.281 e. The second-order valence-electron chi connectivity index (χ2n) is 5.97. The zero-order valence-electron chi connectivity index (χ0n) is 15.4. The zero-order valence-corrected chi connectivity index (χ0v) is 16.2. The molecule has 28 heavy (non-hydrogen) atoms. The van der Waals surface area contributed by atoms with Gasteiger partial charge in [0.2, 0.25) is 0 Å². The lowest BCUT2D eigenvalue weighted by atomic mass is 10.1. The summed E-state index contributed by atoms with van der Waals surface area (Å²) in [4.78, 5) is 10.8. The molecule has 0 aliphatic rings. The van der Waals surface area contributed by atoms with Crippen LogP contribution >= 0.6 is 11.6 Å². The third kappa shape index (κ3) is 4.44. The van der Waals surface area contributed by atoms with Crippen molar-refractivity contribution >= 4 is 17.3 Å². The molecule has 0 fully saturated rings. The average molecular weight is 403 g/mol. The van der Waals surface area contributed by atoms with E-state index in [1.165, 1.54) is 6.07 Å². The maximum atomic E-state index is 11.3. The van der Waals surface area contributed by atoms with Crippen molar-refractivity contribution in [2.75, 3.05) is 14.2 Å². The Morgan fingerprint density at radius 3 is 2.61 bits per heavy atom. The van der Waals surface area contributed by atoms with Crippen molar-refractivity contribution in [3.63, 3.8) is 0 Å². The number of furan rings is 1. The minimum Gasteiger partial charge on any atom is -0.497 e. The Morgan fingerprint density at radius 2 is 1.89 bits per heavy atom. The molecule has 0 aliphatic carbocycles. The Bertz CT molecular complexity index is 986. The molecule has 1 aromatic heterocycles. The molecule has 0 radical (unpaired) electrons. The summed E-state index contributed by atoms with van der Waals surface area (Å²) in [6.45, 7) is 0.985. The van der Waals surface area contributed by atoms with Gasteiger partial charge < -0.3 is 19.2 Å². The molecule has 0 amide bonds. The fraction of sp³-hybridized carbons (Fsp3) is 0.200. The van der Waals surface area contributed by atoms with Crippen LogP contribution in [0, 0.1) is 10.1 Å². The number of benzene rings is 2. The van der Waals surface area contributed by atoms with E-state index in [0.717, 1.165) is 17.1 Å². The van der Waals surface area contributed by atoms with E-state index < -0.39 is 4.92 Å². The number of halogens is 1. The second kappa shape index (κ2) is 8.77. The number of hydrogen-bond donors (Lipinski definition) is 1. The predicted molar refractivity (Wildman–Crippen MR) is 106 cm³/mol. The van der Waals surface area contributed by atoms with Crippen LogP contribution in [-0.2, 0) is 13.1 Å². The average Bonchev–Trinajstić information content (AvgIpc) is 3.16. The Morgan fingerprint density at radius 1 is 1.07 bits per heavy atom. The van der Waals surface area contributed by atoms with Crippen LogP contribution in [0.5, 0.6) is 11.5 Å². The van der Waals surface area contributed by atoms with Crippen molar-refractivity contribution in [3.05, 3.63) is 75.0 Å². The van der Waals surface area contributed by atoms with E-state index in [4.69, 9.17) is 25.5 Å². The molecule has 0 aliphatic heterocycles. The van der Waals surface area contributed by atoms with Gasteiger partial charge in [-0.15, -0.1) is 0 Å². The van der Waals surface area contributed by atoms with Crippen LogP contribution < -0.4 is 14.8 Å². The number of nitrogens with one attached hydrogen (secondary N) is 1. The van der Waals surface area contributed by atoms with Crippen molar-refractivity contribution in [3.8, 4) is 22.8 Å². The summed E-state index contributed by atoms with van der Waals surface area (Å²) in [6, 6.07) is 13.6. The van der Waals surface area contributed by atoms with Crippen LogP contribution in [0.25, 0.3) is 11.3 Å². The number of nitro groups is 1. The van der Waals surface area contributed by atoms with E-state index in [1.807, 2.05) is 18.2 Å². The molecule has 146 valence electrons. The minimum absolute atomic E-state index is 0.0949. The molecule has 1 N–H and O–H groups in total. The highest BCUT2D eigenvalue weighted by atomic mass is 35.5. The molecule has 0 saturated heterocycles. The zero-order chi connectivity index (χ0) is 20.1. The van der Waals surface area contributed by atoms with Gasteiger partial charge in [0.1, 0.15) is 23.0 Å². The molecule has 0 unspecified atom stereocenters. The molecular weight excluding hydrogens is 384 g/mol. The summed E-state index contributed by atoms with van der Waals surface area (Å²) in [7, 11) is 3.22. The van der Waals surface area contributed by atoms with Gasteiger partial charge in [0.15, 0.2) is 0 Å².